The Hall–Kier alpha value is -3.75. The smallest absolute Gasteiger partial charge is 0.135 e. The number of benzene rings is 5. The summed E-state index contributed by atoms with van der Waals surface area (Å²) in [5.74, 6) is 1.73. The molecular weight excluding hydrogens is 456 g/mol. The zero-order valence-electron chi connectivity index (χ0n) is 20.6. The van der Waals surface area contributed by atoms with E-state index in [1.54, 1.807) is 0 Å². The van der Waals surface area contributed by atoms with Gasteiger partial charge < -0.3 is 4.42 Å². The maximum absolute atomic E-state index is 6.15. The lowest BCUT2D eigenvalue weighted by Crippen LogP contribution is -1.95. The van der Waals surface area contributed by atoms with Crippen molar-refractivity contribution in [2.45, 2.75) is 12.8 Å². The second-order valence-electron chi connectivity index (χ2n) is 9.45. The molecule has 0 amide bonds. The topological polar surface area (TPSA) is 13.1 Å². The van der Waals surface area contributed by atoms with E-state index in [1.165, 1.54) is 38.9 Å². The number of rotatable bonds is 6. The summed E-state index contributed by atoms with van der Waals surface area (Å²) in [4.78, 5) is 0. The first-order valence-corrected chi connectivity index (χ1v) is 13.8. The molecule has 1 heterocycles. The number of hydrogen-bond donors (Lipinski definition) is 0. The van der Waals surface area contributed by atoms with Crippen molar-refractivity contribution in [3.63, 3.8) is 0 Å². The van der Waals surface area contributed by atoms with Crippen molar-refractivity contribution in [2.75, 3.05) is 12.0 Å². The van der Waals surface area contributed by atoms with Crippen LogP contribution < -0.4 is 0 Å². The van der Waals surface area contributed by atoms with Gasteiger partial charge >= 0.3 is 0 Å². The number of hydrogen-bond acceptors (Lipinski definition) is 2. The molecule has 6 rings (SSSR count). The fraction of sp³-hybridized carbons (Fsp3) is 0.118. The van der Waals surface area contributed by atoms with Crippen LogP contribution in [0, 0.1) is 0 Å². The molecule has 0 bridgehead atoms. The standard InChI is InChI=1S/C34H28OS/c1-23(22-36-2)24-8-10-26(11-9-24)27-12-14-28(15-13-27)30-17-19-34-32(21-30)31-20-29(16-18-33(31)35-34)25-6-4-3-5-7-25/h3-21,23H,22H2,1-2H3. The van der Waals surface area contributed by atoms with Gasteiger partial charge in [0.1, 0.15) is 11.2 Å². The third-order valence-electron chi connectivity index (χ3n) is 7.02. The van der Waals surface area contributed by atoms with E-state index in [0.29, 0.717) is 5.92 Å². The molecule has 0 saturated carbocycles. The SMILES string of the molecule is CSCC(C)c1ccc(-c2ccc(-c3ccc4oc5ccc(-c6ccccc6)cc5c4c3)cc2)cc1. The minimum atomic E-state index is 0.578. The van der Waals surface area contributed by atoms with Crippen LogP contribution in [0.5, 0.6) is 0 Å². The Morgan fingerprint density at radius 3 is 1.53 bits per heavy atom. The minimum Gasteiger partial charge on any atom is -0.456 e. The van der Waals surface area contributed by atoms with Crippen LogP contribution in [0.15, 0.2) is 120 Å². The van der Waals surface area contributed by atoms with Gasteiger partial charge in [-0.15, -0.1) is 0 Å². The molecule has 0 radical (unpaired) electrons. The van der Waals surface area contributed by atoms with Crippen molar-refractivity contribution in [3.8, 4) is 33.4 Å². The van der Waals surface area contributed by atoms with Gasteiger partial charge in [-0.3, -0.25) is 0 Å². The van der Waals surface area contributed by atoms with Crippen LogP contribution in [0.2, 0.25) is 0 Å². The van der Waals surface area contributed by atoms with Crippen molar-refractivity contribution in [3.05, 3.63) is 121 Å². The maximum atomic E-state index is 6.15. The third kappa shape index (κ3) is 4.34. The van der Waals surface area contributed by atoms with Crippen molar-refractivity contribution in [2.24, 2.45) is 0 Å². The van der Waals surface area contributed by atoms with E-state index in [2.05, 4.69) is 128 Å². The van der Waals surface area contributed by atoms with Gasteiger partial charge in [0.15, 0.2) is 0 Å². The minimum absolute atomic E-state index is 0.578. The Kier molecular flexibility index (Phi) is 6.13. The predicted molar refractivity (Wildman–Crippen MR) is 157 cm³/mol. The van der Waals surface area contributed by atoms with Crippen LogP contribution in [-0.2, 0) is 0 Å². The Morgan fingerprint density at radius 1 is 0.556 bits per heavy atom. The van der Waals surface area contributed by atoms with Crippen molar-refractivity contribution < 1.29 is 4.42 Å². The highest BCUT2D eigenvalue weighted by Gasteiger charge is 2.11. The normalized spacial score (nSPS) is 12.3. The van der Waals surface area contributed by atoms with Gasteiger partial charge in [-0.05, 0) is 81.1 Å². The van der Waals surface area contributed by atoms with E-state index < -0.39 is 0 Å². The van der Waals surface area contributed by atoms with Crippen LogP contribution >= 0.6 is 11.8 Å². The lowest BCUT2D eigenvalue weighted by atomic mass is 9.96. The summed E-state index contributed by atoms with van der Waals surface area (Å²) in [7, 11) is 0. The fourth-order valence-electron chi connectivity index (χ4n) is 4.97. The molecule has 1 unspecified atom stereocenters. The van der Waals surface area contributed by atoms with Crippen LogP contribution in [-0.4, -0.2) is 12.0 Å². The van der Waals surface area contributed by atoms with Gasteiger partial charge in [0.05, 0.1) is 0 Å². The molecular formula is C34H28OS. The summed E-state index contributed by atoms with van der Waals surface area (Å²) in [6, 6.07) is 41.4. The summed E-state index contributed by atoms with van der Waals surface area (Å²) in [6.45, 7) is 2.29. The summed E-state index contributed by atoms with van der Waals surface area (Å²) in [6.07, 6.45) is 2.17. The Morgan fingerprint density at radius 2 is 1.00 bits per heavy atom. The van der Waals surface area contributed by atoms with Gasteiger partial charge in [-0.25, -0.2) is 0 Å². The average Bonchev–Trinajstić information content (AvgIpc) is 3.31. The molecule has 2 heteroatoms. The number of furan rings is 1. The lowest BCUT2D eigenvalue weighted by molar-refractivity contribution is 0.669. The van der Waals surface area contributed by atoms with Crippen LogP contribution in [0.4, 0.5) is 0 Å². The largest absolute Gasteiger partial charge is 0.456 e. The van der Waals surface area contributed by atoms with Gasteiger partial charge in [0, 0.05) is 10.8 Å². The first-order valence-electron chi connectivity index (χ1n) is 12.4. The Labute approximate surface area is 216 Å². The molecule has 36 heavy (non-hydrogen) atoms. The van der Waals surface area contributed by atoms with Crippen LogP contribution in [0.1, 0.15) is 18.4 Å². The molecule has 0 fully saturated rings. The molecule has 1 atom stereocenters. The number of fused-ring (bicyclic) bond motifs is 3. The van der Waals surface area contributed by atoms with Gasteiger partial charge in [-0.1, -0.05) is 97.9 Å². The lowest BCUT2D eigenvalue weighted by Gasteiger charge is -2.11. The van der Waals surface area contributed by atoms with E-state index in [0.717, 1.165) is 27.7 Å². The molecule has 1 nitrogen and oxygen atoms in total. The zero-order chi connectivity index (χ0) is 24.5. The summed E-state index contributed by atoms with van der Waals surface area (Å²) >= 11 is 1.90. The molecule has 0 saturated heterocycles. The summed E-state index contributed by atoms with van der Waals surface area (Å²) in [5.41, 5.74) is 10.6. The molecule has 176 valence electrons. The highest BCUT2D eigenvalue weighted by atomic mass is 32.2. The first kappa shape index (κ1) is 22.7. The van der Waals surface area contributed by atoms with Crippen molar-refractivity contribution in [1.82, 2.24) is 0 Å². The summed E-state index contributed by atoms with van der Waals surface area (Å²) < 4.78 is 6.15. The molecule has 0 aliphatic carbocycles. The van der Waals surface area contributed by atoms with Crippen molar-refractivity contribution in [1.29, 1.82) is 0 Å². The second kappa shape index (κ2) is 9.72. The maximum Gasteiger partial charge on any atom is 0.135 e. The van der Waals surface area contributed by atoms with E-state index in [9.17, 15) is 0 Å². The monoisotopic (exact) mass is 484 g/mol. The van der Waals surface area contributed by atoms with E-state index in [1.807, 2.05) is 11.8 Å². The average molecular weight is 485 g/mol. The highest BCUT2D eigenvalue weighted by Crippen LogP contribution is 2.35. The van der Waals surface area contributed by atoms with E-state index in [4.69, 9.17) is 4.42 Å². The van der Waals surface area contributed by atoms with Crippen LogP contribution in [0.3, 0.4) is 0 Å². The van der Waals surface area contributed by atoms with Gasteiger partial charge in [0.25, 0.3) is 0 Å². The van der Waals surface area contributed by atoms with Crippen LogP contribution in [0.25, 0.3) is 55.3 Å². The molecule has 0 aliphatic heterocycles. The Balaban J connectivity index is 1.32. The first-order chi connectivity index (χ1) is 17.7. The Bertz CT molecular complexity index is 1630. The molecule has 0 N–H and O–H groups in total. The van der Waals surface area contributed by atoms with Gasteiger partial charge in [0.2, 0.25) is 0 Å². The van der Waals surface area contributed by atoms with Gasteiger partial charge in [-0.2, -0.15) is 11.8 Å². The number of thioether (sulfide) groups is 1. The summed E-state index contributed by atoms with van der Waals surface area (Å²) in [5, 5.41) is 2.31. The van der Waals surface area contributed by atoms with Crippen molar-refractivity contribution >= 4 is 33.7 Å². The quantitative estimate of drug-likeness (QED) is 0.233. The second-order valence-corrected chi connectivity index (χ2v) is 10.4. The molecule has 0 aliphatic rings. The molecule has 6 aromatic rings. The molecule has 1 aromatic heterocycles. The van der Waals surface area contributed by atoms with E-state index >= 15 is 0 Å². The zero-order valence-corrected chi connectivity index (χ0v) is 21.4. The van der Waals surface area contributed by atoms with E-state index in [-0.39, 0.29) is 0 Å². The molecule has 5 aromatic carbocycles. The highest BCUT2D eigenvalue weighted by molar-refractivity contribution is 7.98. The molecule has 0 spiro atoms. The predicted octanol–water partition coefficient (Wildman–Crippen LogP) is 10.1. The third-order valence-corrected chi connectivity index (χ3v) is 7.86. The fourth-order valence-corrected chi connectivity index (χ4v) is 5.67.